The lowest BCUT2D eigenvalue weighted by atomic mass is 10.1. The third-order valence-electron chi connectivity index (χ3n) is 2.51. The molecule has 4 nitrogen and oxygen atoms in total. The lowest BCUT2D eigenvalue weighted by molar-refractivity contribution is 0.0951. The second-order valence-corrected chi connectivity index (χ2v) is 5.02. The average Bonchev–Trinajstić information content (AvgIpc) is 2.88. The molecule has 0 aliphatic rings. The summed E-state index contributed by atoms with van der Waals surface area (Å²) in [5.74, 6) is 0.463. The van der Waals surface area contributed by atoms with Gasteiger partial charge < -0.3 is 15.8 Å². The van der Waals surface area contributed by atoms with Gasteiger partial charge in [-0.15, -0.1) is 11.3 Å². The molecule has 100 valence electrons. The summed E-state index contributed by atoms with van der Waals surface area (Å²) in [5.41, 5.74) is 6.79. The maximum absolute atomic E-state index is 12.0. The normalized spacial score (nSPS) is 10.2. The van der Waals surface area contributed by atoms with Crippen molar-refractivity contribution in [2.24, 2.45) is 0 Å². The maximum Gasteiger partial charge on any atom is 0.251 e. The van der Waals surface area contributed by atoms with Crippen molar-refractivity contribution in [1.82, 2.24) is 5.32 Å². The Balaban J connectivity index is 2.05. The molecule has 19 heavy (non-hydrogen) atoms. The molecule has 0 saturated carbocycles. The quantitative estimate of drug-likeness (QED) is 0.825. The Hall–Kier alpha value is -2.01. The van der Waals surface area contributed by atoms with E-state index >= 15 is 0 Å². The Morgan fingerprint density at radius 2 is 2.26 bits per heavy atom. The van der Waals surface area contributed by atoms with Crippen LogP contribution in [0.25, 0.3) is 0 Å². The summed E-state index contributed by atoms with van der Waals surface area (Å²) in [6.07, 6.45) is 0. The van der Waals surface area contributed by atoms with Gasteiger partial charge >= 0.3 is 0 Å². The van der Waals surface area contributed by atoms with Crippen molar-refractivity contribution in [3.63, 3.8) is 0 Å². The van der Waals surface area contributed by atoms with Gasteiger partial charge in [-0.05, 0) is 30.5 Å². The van der Waals surface area contributed by atoms with E-state index < -0.39 is 0 Å². The minimum absolute atomic E-state index is 0.151. The number of ether oxygens (including phenoxy) is 1. The van der Waals surface area contributed by atoms with Crippen molar-refractivity contribution < 1.29 is 9.53 Å². The minimum atomic E-state index is -0.151. The first-order valence-electron chi connectivity index (χ1n) is 6.03. The van der Waals surface area contributed by atoms with E-state index in [1.807, 2.05) is 24.4 Å². The molecule has 5 heteroatoms. The van der Waals surface area contributed by atoms with Gasteiger partial charge in [-0.2, -0.15) is 0 Å². The third-order valence-corrected chi connectivity index (χ3v) is 3.38. The van der Waals surface area contributed by atoms with Gasteiger partial charge in [-0.25, -0.2) is 0 Å². The fourth-order valence-electron chi connectivity index (χ4n) is 1.69. The number of nitrogens with one attached hydrogen (secondary N) is 1. The van der Waals surface area contributed by atoms with Crippen LogP contribution in [0.15, 0.2) is 35.7 Å². The van der Waals surface area contributed by atoms with Gasteiger partial charge in [0, 0.05) is 22.2 Å². The largest absolute Gasteiger partial charge is 0.494 e. The van der Waals surface area contributed by atoms with Crippen LogP contribution in [0.2, 0.25) is 0 Å². The number of anilines is 1. The molecule has 0 atom stereocenters. The third kappa shape index (κ3) is 3.72. The van der Waals surface area contributed by atoms with Crippen LogP contribution in [0.5, 0.6) is 5.75 Å². The Kier molecular flexibility index (Phi) is 4.41. The maximum atomic E-state index is 12.0. The van der Waals surface area contributed by atoms with Gasteiger partial charge in [-0.3, -0.25) is 4.79 Å². The van der Waals surface area contributed by atoms with Gasteiger partial charge in [0.25, 0.3) is 5.91 Å². The van der Waals surface area contributed by atoms with Gasteiger partial charge in [0.1, 0.15) is 5.75 Å². The summed E-state index contributed by atoms with van der Waals surface area (Å²) in [6, 6.07) is 8.99. The fraction of sp³-hybridized carbons (Fsp3) is 0.214. The van der Waals surface area contributed by atoms with Crippen LogP contribution in [0, 0.1) is 0 Å². The molecule has 1 aromatic heterocycles. The van der Waals surface area contributed by atoms with Crippen LogP contribution < -0.4 is 15.8 Å². The molecule has 0 fully saturated rings. The highest BCUT2D eigenvalue weighted by molar-refractivity contribution is 7.09. The standard InChI is InChI=1S/C14H16N2O2S/c1-2-18-12-7-10(6-11(15)8-12)14(17)16-9-13-4-3-5-19-13/h3-8H,2,9,15H2,1H3,(H,16,17). The minimum Gasteiger partial charge on any atom is -0.494 e. The predicted octanol–water partition coefficient (Wildman–Crippen LogP) is 2.66. The Labute approximate surface area is 116 Å². The number of carbonyl (C=O) groups is 1. The molecule has 0 radical (unpaired) electrons. The molecule has 0 unspecified atom stereocenters. The second-order valence-electron chi connectivity index (χ2n) is 3.99. The monoisotopic (exact) mass is 276 g/mol. The smallest absolute Gasteiger partial charge is 0.251 e. The number of benzene rings is 1. The summed E-state index contributed by atoms with van der Waals surface area (Å²) < 4.78 is 5.37. The van der Waals surface area contributed by atoms with Gasteiger partial charge in [-0.1, -0.05) is 6.07 Å². The van der Waals surface area contributed by atoms with E-state index in [4.69, 9.17) is 10.5 Å². The van der Waals surface area contributed by atoms with Crippen LogP contribution in [0.4, 0.5) is 5.69 Å². The number of carbonyl (C=O) groups excluding carboxylic acids is 1. The Morgan fingerprint density at radius 3 is 2.95 bits per heavy atom. The number of thiophene rings is 1. The van der Waals surface area contributed by atoms with Crippen molar-refractivity contribution in [3.05, 3.63) is 46.2 Å². The lowest BCUT2D eigenvalue weighted by Gasteiger charge is -2.08. The number of rotatable bonds is 5. The Bertz CT molecular complexity index is 553. The zero-order valence-electron chi connectivity index (χ0n) is 10.7. The number of hydrogen-bond donors (Lipinski definition) is 2. The first kappa shape index (κ1) is 13.4. The highest BCUT2D eigenvalue weighted by Gasteiger charge is 2.08. The molecule has 2 rings (SSSR count). The van der Waals surface area contributed by atoms with Crippen LogP contribution in [-0.2, 0) is 6.54 Å². The van der Waals surface area contributed by atoms with Crippen LogP contribution in [0.1, 0.15) is 22.2 Å². The molecule has 3 N–H and O–H groups in total. The fourth-order valence-corrected chi connectivity index (χ4v) is 2.33. The number of nitrogen functional groups attached to an aromatic ring is 1. The molecular weight excluding hydrogens is 260 g/mol. The molecule has 1 aromatic carbocycles. The van der Waals surface area contributed by atoms with Gasteiger partial charge in [0.05, 0.1) is 13.2 Å². The number of nitrogens with two attached hydrogens (primary N) is 1. The van der Waals surface area contributed by atoms with Crippen molar-refractivity contribution in [2.75, 3.05) is 12.3 Å². The summed E-state index contributed by atoms with van der Waals surface area (Å²) in [7, 11) is 0. The molecule has 2 aromatic rings. The molecule has 1 heterocycles. The Morgan fingerprint density at radius 1 is 1.42 bits per heavy atom. The number of hydrogen-bond acceptors (Lipinski definition) is 4. The summed E-state index contributed by atoms with van der Waals surface area (Å²) in [4.78, 5) is 13.1. The van der Waals surface area contributed by atoms with Crippen LogP contribution in [0.3, 0.4) is 0 Å². The van der Waals surface area contributed by atoms with Crippen LogP contribution >= 0.6 is 11.3 Å². The van der Waals surface area contributed by atoms with Gasteiger partial charge in [0.15, 0.2) is 0 Å². The first-order chi connectivity index (χ1) is 9.19. The average molecular weight is 276 g/mol. The van der Waals surface area contributed by atoms with Crippen LogP contribution in [-0.4, -0.2) is 12.5 Å². The van der Waals surface area contributed by atoms with E-state index in [0.717, 1.165) is 4.88 Å². The summed E-state index contributed by atoms with van der Waals surface area (Å²) >= 11 is 1.61. The van der Waals surface area contributed by atoms with E-state index in [1.54, 1.807) is 29.5 Å². The molecule has 1 amide bonds. The SMILES string of the molecule is CCOc1cc(N)cc(C(=O)NCc2cccs2)c1. The predicted molar refractivity (Wildman–Crippen MR) is 77.5 cm³/mol. The summed E-state index contributed by atoms with van der Waals surface area (Å²) in [6.45, 7) is 2.95. The summed E-state index contributed by atoms with van der Waals surface area (Å²) in [5, 5.41) is 4.84. The van der Waals surface area contributed by atoms with Crippen molar-refractivity contribution in [3.8, 4) is 5.75 Å². The van der Waals surface area contributed by atoms with Crippen molar-refractivity contribution in [1.29, 1.82) is 0 Å². The molecule has 0 aliphatic heterocycles. The van der Waals surface area contributed by atoms with E-state index in [9.17, 15) is 4.79 Å². The van der Waals surface area contributed by atoms with Crippen molar-refractivity contribution in [2.45, 2.75) is 13.5 Å². The zero-order valence-corrected chi connectivity index (χ0v) is 11.5. The van der Waals surface area contributed by atoms with E-state index in [1.165, 1.54) is 0 Å². The topological polar surface area (TPSA) is 64.3 Å². The van der Waals surface area contributed by atoms with Gasteiger partial charge in [0.2, 0.25) is 0 Å². The molecule has 0 saturated heterocycles. The number of amides is 1. The highest BCUT2D eigenvalue weighted by Crippen LogP contribution is 2.19. The second kappa shape index (κ2) is 6.24. The van der Waals surface area contributed by atoms with Crippen molar-refractivity contribution >= 4 is 22.9 Å². The van der Waals surface area contributed by atoms with E-state index in [-0.39, 0.29) is 5.91 Å². The zero-order chi connectivity index (χ0) is 13.7. The lowest BCUT2D eigenvalue weighted by Crippen LogP contribution is -2.22. The molecule has 0 aliphatic carbocycles. The van der Waals surface area contributed by atoms with E-state index in [2.05, 4.69) is 5.32 Å². The highest BCUT2D eigenvalue weighted by atomic mass is 32.1. The molecule has 0 bridgehead atoms. The molecular formula is C14H16N2O2S. The first-order valence-corrected chi connectivity index (χ1v) is 6.91. The molecule has 0 spiro atoms. The van der Waals surface area contributed by atoms with E-state index in [0.29, 0.717) is 30.2 Å².